The van der Waals surface area contributed by atoms with Gasteiger partial charge in [0.05, 0.1) is 26.1 Å². The number of carboxylic acids is 1. The predicted molar refractivity (Wildman–Crippen MR) is 147 cm³/mol. The van der Waals surface area contributed by atoms with E-state index in [-0.39, 0.29) is 35.5 Å². The van der Waals surface area contributed by atoms with E-state index in [1.54, 1.807) is 25.4 Å². The number of pyridine rings is 1. The second-order valence-electron chi connectivity index (χ2n) is 9.54. The number of ether oxygens (including phenoxy) is 2. The summed E-state index contributed by atoms with van der Waals surface area (Å²) in [5, 5.41) is 15.4. The summed E-state index contributed by atoms with van der Waals surface area (Å²) in [4.78, 5) is 34.3. The summed E-state index contributed by atoms with van der Waals surface area (Å²) in [7, 11) is 4.59. The number of aromatic nitrogens is 5. The standard InChI is InChI=1S/C28H30ClN5O5/c1-15(2)24-22(23(27(36)37)32-34(24)21-13-30-28(39-6)31-25(21)38-5)20(17-7-9-19(29)10-8-17)12-18-11-16(3)14-33(4)26(18)35/h7-11,13-15,20H,12H2,1-6H3,(H,36,37). The average molecular weight is 552 g/mol. The molecule has 204 valence electrons. The Balaban J connectivity index is 2.04. The van der Waals surface area contributed by atoms with Crippen LogP contribution in [0.3, 0.4) is 0 Å². The lowest BCUT2D eigenvalue weighted by atomic mass is 9.82. The predicted octanol–water partition coefficient (Wildman–Crippen LogP) is 4.54. The Bertz CT molecular complexity index is 1580. The molecule has 1 aromatic carbocycles. The van der Waals surface area contributed by atoms with E-state index in [0.29, 0.717) is 27.5 Å². The lowest BCUT2D eigenvalue weighted by Crippen LogP contribution is -2.23. The quantitative estimate of drug-likeness (QED) is 0.322. The second-order valence-corrected chi connectivity index (χ2v) is 9.97. The van der Waals surface area contributed by atoms with Gasteiger partial charge in [-0.3, -0.25) is 4.79 Å². The summed E-state index contributed by atoms with van der Waals surface area (Å²) in [5.41, 5.74) is 3.45. The van der Waals surface area contributed by atoms with E-state index in [9.17, 15) is 14.7 Å². The Kier molecular flexibility index (Phi) is 8.06. The third kappa shape index (κ3) is 5.51. The van der Waals surface area contributed by atoms with Crippen molar-refractivity contribution in [1.29, 1.82) is 0 Å². The number of rotatable bonds is 9. The molecule has 0 aliphatic heterocycles. The first-order chi connectivity index (χ1) is 18.5. The first-order valence-corrected chi connectivity index (χ1v) is 12.7. The average Bonchev–Trinajstić information content (AvgIpc) is 3.31. The van der Waals surface area contributed by atoms with Crippen LogP contribution in [-0.4, -0.2) is 49.6 Å². The molecule has 0 aliphatic carbocycles. The van der Waals surface area contributed by atoms with E-state index in [4.69, 9.17) is 21.1 Å². The van der Waals surface area contributed by atoms with Crippen LogP contribution in [0.15, 0.2) is 47.5 Å². The number of nitrogens with zero attached hydrogens (tertiary/aromatic N) is 5. The minimum absolute atomic E-state index is 0.0990. The molecule has 0 radical (unpaired) electrons. The first-order valence-electron chi connectivity index (χ1n) is 12.3. The molecule has 0 amide bonds. The summed E-state index contributed by atoms with van der Waals surface area (Å²) in [5.74, 6) is -1.73. The van der Waals surface area contributed by atoms with Gasteiger partial charge < -0.3 is 19.1 Å². The Labute approximate surface area is 230 Å². The van der Waals surface area contributed by atoms with Crippen molar-refractivity contribution in [3.63, 3.8) is 0 Å². The molecule has 1 atom stereocenters. The maximum absolute atomic E-state index is 13.1. The Morgan fingerprint density at radius 2 is 1.85 bits per heavy atom. The van der Waals surface area contributed by atoms with Crippen molar-refractivity contribution in [2.45, 2.75) is 39.0 Å². The molecule has 0 spiro atoms. The van der Waals surface area contributed by atoms with Crippen LogP contribution in [0.4, 0.5) is 0 Å². The zero-order chi connectivity index (χ0) is 28.4. The highest BCUT2D eigenvalue weighted by atomic mass is 35.5. The topological polar surface area (TPSA) is 121 Å². The molecule has 10 nitrogen and oxygen atoms in total. The van der Waals surface area contributed by atoms with Crippen LogP contribution in [0.1, 0.15) is 64.1 Å². The largest absolute Gasteiger partial charge is 0.479 e. The highest BCUT2D eigenvalue weighted by Crippen LogP contribution is 2.39. The second kappa shape index (κ2) is 11.3. The minimum Gasteiger partial charge on any atom is -0.479 e. The smallest absolute Gasteiger partial charge is 0.356 e. The van der Waals surface area contributed by atoms with Gasteiger partial charge in [-0.05, 0) is 48.6 Å². The lowest BCUT2D eigenvalue weighted by molar-refractivity contribution is 0.0688. The number of benzene rings is 1. The van der Waals surface area contributed by atoms with Crippen molar-refractivity contribution in [3.8, 4) is 17.6 Å². The highest BCUT2D eigenvalue weighted by molar-refractivity contribution is 6.30. The lowest BCUT2D eigenvalue weighted by Gasteiger charge is -2.22. The van der Waals surface area contributed by atoms with Crippen LogP contribution >= 0.6 is 11.6 Å². The van der Waals surface area contributed by atoms with Gasteiger partial charge in [-0.15, -0.1) is 0 Å². The molecule has 3 aromatic heterocycles. The molecule has 4 rings (SSSR count). The van der Waals surface area contributed by atoms with Gasteiger partial charge in [0.25, 0.3) is 5.56 Å². The molecular weight excluding hydrogens is 522 g/mol. The molecule has 0 fully saturated rings. The number of aryl methyl sites for hydroxylation is 2. The van der Waals surface area contributed by atoms with E-state index in [2.05, 4.69) is 15.1 Å². The van der Waals surface area contributed by atoms with Crippen LogP contribution in [-0.2, 0) is 13.5 Å². The molecule has 0 bridgehead atoms. The SMILES string of the molecule is COc1ncc(-n2nc(C(=O)O)c(C(Cc3cc(C)cn(C)c3=O)c3ccc(Cl)cc3)c2C(C)C)c(OC)n1. The minimum atomic E-state index is -1.20. The molecule has 0 aliphatic rings. The number of methoxy groups -OCH3 is 2. The first kappa shape index (κ1) is 27.8. The monoisotopic (exact) mass is 551 g/mol. The van der Waals surface area contributed by atoms with E-state index in [1.165, 1.54) is 29.7 Å². The summed E-state index contributed by atoms with van der Waals surface area (Å²) < 4.78 is 13.7. The number of halogens is 1. The van der Waals surface area contributed by atoms with Gasteiger partial charge in [0.1, 0.15) is 5.69 Å². The van der Waals surface area contributed by atoms with E-state index in [1.807, 2.05) is 39.0 Å². The molecule has 1 unspecified atom stereocenters. The van der Waals surface area contributed by atoms with Crippen LogP contribution in [0, 0.1) is 6.92 Å². The van der Waals surface area contributed by atoms with Crippen LogP contribution < -0.4 is 15.0 Å². The molecule has 3 heterocycles. The van der Waals surface area contributed by atoms with Crippen molar-refractivity contribution in [2.24, 2.45) is 7.05 Å². The van der Waals surface area contributed by atoms with E-state index >= 15 is 0 Å². The van der Waals surface area contributed by atoms with Crippen LogP contribution in [0.25, 0.3) is 5.69 Å². The number of hydrogen-bond donors (Lipinski definition) is 1. The van der Waals surface area contributed by atoms with Gasteiger partial charge in [-0.2, -0.15) is 10.1 Å². The number of carbonyl (C=O) groups is 1. The Hall–Kier alpha value is -4.18. The maximum Gasteiger partial charge on any atom is 0.356 e. The van der Waals surface area contributed by atoms with Gasteiger partial charge in [0, 0.05) is 35.3 Å². The fraction of sp³-hybridized carbons (Fsp3) is 0.321. The van der Waals surface area contributed by atoms with Gasteiger partial charge in [-0.25, -0.2) is 14.5 Å². The Morgan fingerprint density at radius 1 is 1.15 bits per heavy atom. The molecule has 0 saturated heterocycles. The van der Waals surface area contributed by atoms with Crippen molar-refractivity contribution in [3.05, 3.63) is 91.7 Å². The van der Waals surface area contributed by atoms with Gasteiger partial charge in [0.2, 0.25) is 5.88 Å². The molecule has 11 heteroatoms. The Morgan fingerprint density at radius 3 is 2.44 bits per heavy atom. The number of carboxylic acid groups (broad SMARTS) is 1. The number of hydrogen-bond acceptors (Lipinski definition) is 7. The van der Waals surface area contributed by atoms with Gasteiger partial charge >= 0.3 is 12.0 Å². The fourth-order valence-electron chi connectivity index (χ4n) is 4.83. The summed E-state index contributed by atoms with van der Waals surface area (Å²) in [6.07, 6.45) is 3.49. The van der Waals surface area contributed by atoms with Gasteiger partial charge in [-0.1, -0.05) is 37.6 Å². The van der Waals surface area contributed by atoms with Crippen LogP contribution in [0.2, 0.25) is 5.02 Å². The number of aromatic carboxylic acids is 1. The van der Waals surface area contributed by atoms with E-state index in [0.717, 1.165) is 11.1 Å². The van der Waals surface area contributed by atoms with Crippen molar-refractivity contribution >= 4 is 17.6 Å². The fourth-order valence-corrected chi connectivity index (χ4v) is 4.96. The molecule has 4 aromatic rings. The summed E-state index contributed by atoms with van der Waals surface area (Å²) in [6.45, 7) is 5.81. The van der Waals surface area contributed by atoms with Crippen LogP contribution in [0.5, 0.6) is 11.9 Å². The third-order valence-electron chi connectivity index (χ3n) is 6.47. The molecule has 0 saturated carbocycles. The third-order valence-corrected chi connectivity index (χ3v) is 6.72. The zero-order valence-electron chi connectivity index (χ0n) is 22.6. The van der Waals surface area contributed by atoms with Crippen molar-refractivity contribution < 1.29 is 19.4 Å². The van der Waals surface area contributed by atoms with E-state index < -0.39 is 11.9 Å². The molecule has 39 heavy (non-hydrogen) atoms. The molecule has 1 N–H and O–H groups in total. The highest BCUT2D eigenvalue weighted by Gasteiger charge is 2.33. The summed E-state index contributed by atoms with van der Waals surface area (Å²) in [6, 6.07) is 9.12. The zero-order valence-corrected chi connectivity index (χ0v) is 23.4. The molecular formula is C28H30ClN5O5. The summed E-state index contributed by atoms with van der Waals surface area (Å²) >= 11 is 6.19. The van der Waals surface area contributed by atoms with Crippen molar-refractivity contribution in [1.82, 2.24) is 24.3 Å². The normalized spacial score (nSPS) is 12.0. The van der Waals surface area contributed by atoms with Gasteiger partial charge in [0.15, 0.2) is 5.69 Å². The maximum atomic E-state index is 13.1. The van der Waals surface area contributed by atoms with Crippen molar-refractivity contribution in [2.75, 3.05) is 14.2 Å².